The van der Waals surface area contributed by atoms with Gasteiger partial charge in [0, 0.05) is 13.1 Å². The number of nitrogens with zero attached hydrogens (tertiary/aromatic N) is 1. The van der Waals surface area contributed by atoms with E-state index in [2.05, 4.69) is 13.8 Å². The quantitative estimate of drug-likeness (QED) is 0.445. The highest BCUT2D eigenvalue weighted by molar-refractivity contribution is 4.31. The van der Waals surface area contributed by atoms with Gasteiger partial charge in [-0.15, -0.1) is 0 Å². The van der Waals surface area contributed by atoms with E-state index in [1.165, 1.54) is 0 Å². The van der Waals surface area contributed by atoms with Crippen LogP contribution in [0.15, 0.2) is 0 Å². The summed E-state index contributed by atoms with van der Waals surface area (Å²) in [5.74, 6) is 0. The first-order valence-corrected chi connectivity index (χ1v) is 3.23. The lowest BCUT2D eigenvalue weighted by Gasteiger charge is -2.15. The Bertz CT molecular complexity index is 48.3. The van der Waals surface area contributed by atoms with E-state index in [-0.39, 0.29) is 12.4 Å². The zero-order valence-corrected chi connectivity index (χ0v) is 7.11. The van der Waals surface area contributed by atoms with Gasteiger partial charge in [-0.05, 0) is 6.92 Å². The fourth-order valence-corrected chi connectivity index (χ4v) is 0.589. The first-order valence-electron chi connectivity index (χ1n) is 3.23. The van der Waals surface area contributed by atoms with Gasteiger partial charge in [-0.25, -0.2) is 0 Å². The lowest BCUT2D eigenvalue weighted by molar-refractivity contribution is -0.147. The summed E-state index contributed by atoms with van der Waals surface area (Å²) in [7, 11) is 0. The van der Waals surface area contributed by atoms with E-state index in [0.29, 0.717) is 0 Å². The molecule has 2 nitrogen and oxygen atoms in total. The van der Waals surface area contributed by atoms with Crippen molar-refractivity contribution in [3.05, 3.63) is 0 Å². The minimum Gasteiger partial charge on any atom is -1.00 e. The minimum atomic E-state index is 0. The third kappa shape index (κ3) is 6.09. The molecule has 0 rings (SSSR count). The predicted octanol–water partition coefficient (Wildman–Crippen LogP) is -1.72. The third-order valence-corrected chi connectivity index (χ3v) is 1.02. The summed E-state index contributed by atoms with van der Waals surface area (Å²) in [6, 6.07) is 0. The summed E-state index contributed by atoms with van der Waals surface area (Å²) in [5.41, 5.74) is 0. The molecule has 0 unspecified atom stereocenters. The Labute approximate surface area is 63.5 Å². The highest BCUT2D eigenvalue weighted by Gasteiger charge is 1.93. The average molecular weight is 153 g/mol. The molecule has 9 heavy (non-hydrogen) atoms. The van der Waals surface area contributed by atoms with Crippen LogP contribution in [0.25, 0.3) is 0 Å². The largest absolute Gasteiger partial charge is 1.00 e. The lowest BCUT2D eigenvalue weighted by atomic mass is 10.6. The summed E-state index contributed by atoms with van der Waals surface area (Å²) in [6.07, 6.45) is 0. The lowest BCUT2D eigenvalue weighted by Crippen LogP contribution is -3.00. The van der Waals surface area contributed by atoms with Crippen LogP contribution < -0.4 is 12.4 Å². The van der Waals surface area contributed by atoms with Crippen LogP contribution in [-0.4, -0.2) is 24.8 Å². The zero-order valence-electron chi connectivity index (χ0n) is 6.35. The van der Waals surface area contributed by atoms with E-state index in [9.17, 15) is 0 Å². The second-order valence-electron chi connectivity index (χ2n) is 1.53. The molecular weight excluding hydrogens is 138 g/mol. The van der Waals surface area contributed by atoms with Gasteiger partial charge < -0.3 is 12.4 Å². The van der Waals surface area contributed by atoms with E-state index in [4.69, 9.17) is 4.84 Å². The molecule has 0 aromatic carbocycles. The van der Waals surface area contributed by atoms with Gasteiger partial charge in [0.05, 0.1) is 6.61 Å². The van der Waals surface area contributed by atoms with Gasteiger partial charge in [0.25, 0.3) is 0 Å². The SMILES string of the molecule is CCON(CC)CC.[Cl-]. The summed E-state index contributed by atoms with van der Waals surface area (Å²) in [4.78, 5) is 5.17. The van der Waals surface area contributed by atoms with Crippen molar-refractivity contribution in [2.24, 2.45) is 0 Å². The molecule has 0 aliphatic rings. The maximum atomic E-state index is 5.17. The molecule has 0 bridgehead atoms. The number of hydroxylamine groups is 2. The highest BCUT2D eigenvalue weighted by Crippen LogP contribution is 1.85. The average Bonchev–Trinajstić information content (AvgIpc) is 1.83. The summed E-state index contributed by atoms with van der Waals surface area (Å²) in [6.45, 7) is 8.90. The van der Waals surface area contributed by atoms with E-state index < -0.39 is 0 Å². The van der Waals surface area contributed by atoms with Gasteiger partial charge in [0.1, 0.15) is 0 Å². The van der Waals surface area contributed by atoms with Crippen LogP contribution in [0.3, 0.4) is 0 Å². The molecule has 0 amide bonds. The molecule has 0 atom stereocenters. The second kappa shape index (κ2) is 8.21. The monoisotopic (exact) mass is 152 g/mol. The molecule has 0 saturated heterocycles. The molecule has 0 saturated carbocycles. The molecule has 0 aromatic heterocycles. The Morgan fingerprint density at radius 2 is 1.56 bits per heavy atom. The highest BCUT2D eigenvalue weighted by atomic mass is 35.5. The summed E-state index contributed by atoms with van der Waals surface area (Å²) in [5, 5.41) is 1.93. The molecule has 0 fully saturated rings. The molecule has 0 aliphatic carbocycles. The first-order chi connectivity index (χ1) is 3.85. The molecule has 0 spiro atoms. The fourth-order valence-electron chi connectivity index (χ4n) is 0.589. The topological polar surface area (TPSA) is 12.5 Å². The molecule has 3 heteroatoms. The number of halogens is 1. The minimum absolute atomic E-state index is 0. The molecule has 0 radical (unpaired) electrons. The van der Waals surface area contributed by atoms with Crippen LogP contribution in [-0.2, 0) is 4.84 Å². The van der Waals surface area contributed by atoms with E-state index in [0.717, 1.165) is 19.7 Å². The molecular formula is C6H15ClNO-. The fraction of sp³-hybridized carbons (Fsp3) is 1.00. The Hall–Kier alpha value is 0.210. The molecule has 58 valence electrons. The van der Waals surface area contributed by atoms with Gasteiger partial charge in [-0.3, -0.25) is 4.84 Å². The van der Waals surface area contributed by atoms with Crippen LogP contribution >= 0.6 is 0 Å². The predicted molar refractivity (Wildman–Crippen MR) is 34.5 cm³/mol. The molecule has 0 N–H and O–H groups in total. The van der Waals surface area contributed by atoms with Gasteiger partial charge in [0.2, 0.25) is 0 Å². The van der Waals surface area contributed by atoms with Gasteiger partial charge >= 0.3 is 0 Å². The van der Waals surface area contributed by atoms with E-state index >= 15 is 0 Å². The van der Waals surface area contributed by atoms with Crippen molar-refractivity contribution in [1.82, 2.24) is 5.06 Å². The Balaban J connectivity index is 0. The standard InChI is InChI=1S/C6H15NO.ClH/c1-4-7(5-2)8-6-3;/h4-6H2,1-3H3;1H/p-1. The van der Waals surface area contributed by atoms with E-state index in [1.807, 2.05) is 12.0 Å². The Morgan fingerprint density at radius 3 is 1.67 bits per heavy atom. The van der Waals surface area contributed by atoms with Gasteiger partial charge in [0.15, 0.2) is 0 Å². The van der Waals surface area contributed by atoms with Crippen molar-refractivity contribution in [2.75, 3.05) is 19.7 Å². The van der Waals surface area contributed by atoms with Crippen LogP contribution in [0.5, 0.6) is 0 Å². The van der Waals surface area contributed by atoms with Crippen molar-refractivity contribution < 1.29 is 17.2 Å². The first kappa shape index (κ1) is 11.9. The summed E-state index contributed by atoms with van der Waals surface area (Å²) < 4.78 is 0. The van der Waals surface area contributed by atoms with Crippen LogP contribution in [0.4, 0.5) is 0 Å². The van der Waals surface area contributed by atoms with Crippen LogP contribution in [0, 0.1) is 0 Å². The Kier molecular flexibility index (Phi) is 10.9. The maximum absolute atomic E-state index is 5.17. The maximum Gasteiger partial charge on any atom is 0.0656 e. The smallest absolute Gasteiger partial charge is 0.0656 e. The molecule has 0 heterocycles. The van der Waals surface area contributed by atoms with Crippen LogP contribution in [0.2, 0.25) is 0 Å². The van der Waals surface area contributed by atoms with E-state index in [1.54, 1.807) is 0 Å². The van der Waals surface area contributed by atoms with Crippen molar-refractivity contribution in [3.63, 3.8) is 0 Å². The van der Waals surface area contributed by atoms with Crippen molar-refractivity contribution >= 4 is 0 Å². The zero-order chi connectivity index (χ0) is 6.41. The van der Waals surface area contributed by atoms with Gasteiger partial charge in [-0.1, -0.05) is 13.8 Å². The number of hydrogen-bond donors (Lipinski definition) is 0. The van der Waals surface area contributed by atoms with Crippen molar-refractivity contribution in [1.29, 1.82) is 0 Å². The summed E-state index contributed by atoms with van der Waals surface area (Å²) >= 11 is 0. The molecule has 0 aromatic rings. The van der Waals surface area contributed by atoms with Crippen molar-refractivity contribution in [3.8, 4) is 0 Å². The normalized spacial score (nSPS) is 9.33. The van der Waals surface area contributed by atoms with Crippen LogP contribution in [0.1, 0.15) is 20.8 Å². The second-order valence-corrected chi connectivity index (χ2v) is 1.53. The molecule has 0 aliphatic heterocycles. The number of hydrogen-bond acceptors (Lipinski definition) is 2. The van der Waals surface area contributed by atoms with Crippen molar-refractivity contribution in [2.45, 2.75) is 20.8 Å². The third-order valence-electron chi connectivity index (χ3n) is 1.02. The number of rotatable bonds is 4. The van der Waals surface area contributed by atoms with Gasteiger partial charge in [-0.2, -0.15) is 5.06 Å². The Morgan fingerprint density at radius 1 is 1.11 bits per heavy atom.